The Kier molecular flexibility index (Phi) is 8.12. The van der Waals surface area contributed by atoms with Gasteiger partial charge in [-0.05, 0) is 63.1 Å². The average Bonchev–Trinajstić information content (AvgIpc) is 3.05. The fourth-order valence-electron chi connectivity index (χ4n) is 4.94. The lowest BCUT2D eigenvalue weighted by molar-refractivity contribution is -0.154. The van der Waals surface area contributed by atoms with Gasteiger partial charge in [-0.25, -0.2) is 9.37 Å². The van der Waals surface area contributed by atoms with E-state index in [0.717, 1.165) is 17.8 Å². The predicted molar refractivity (Wildman–Crippen MR) is 127 cm³/mol. The number of rotatable bonds is 7. The number of ether oxygens (including phenoxy) is 1. The monoisotopic (exact) mass is 508 g/mol. The molecule has 1 fully saturated rings. The molecule has 0 unspecified atom stereocenters. The molecule has 1 aliphatic carbocycles. The summed E-state index contributed by atoms with van der Waals surface area (Å²) < 4.78 is 57.6. The molecule has 4 rings (SSSR count). The first-order chi connectivity index (χ1) is 17.1. The first-order valence-electron chi connectivity index (χ1n) is 12.4. The molecule has 0 saturated heterocycles. The predicted octanol–water partition coefficient (Wildman–Crippen LogP) is 4.60. The lowest BCUT2D eigenvalue weighted by atomic mass is 9.81. The summed E-state index contributed by atoms with van der Waals surface area (Å²) in [6, 6.07) is 6.67. The summed E-state index contributed by atoms with van der Waals surface area (Å²) in [6.45, 7) is 2.45. The third-order valence-electron chi connectivity index (χ3n) is 7.13. The van der Waals surface area contributed by atoms with Crippen molar-refractivity contribution in [3.8, 4) is 5.88 Å². The molecule has 6 nitrogen and oxygen atoms in total. The van der Waals surface area contributed by atoms with Crippen LogP contribution in [0.15, 0.2) is 30.5 Å². The van der Waals surface area contributed by atoms with Crippen LogP contribution in [0.4, 0.5) is 17.6 Å². The van der Waals surface area contributed by atoms with E-state index in [9.17, 15) is 18.0 Å². The van der Waals surface area contributed by atoms with Gasteiger partial charge in [-0.3, -0.25) is 9.78 Å². The largest absolute Gasteiger partial charge is 0.468 e. The Labute approximate surface area is 208 Å². The molecule has 2 aromatic heterocycles. The van der Waals surface area contributed by atoms with E-state index in [1.54, 1.807) is 31.3 Å². The summed E-state index contributed by atoms with van der Waals surface area (Å²) in [4.78, 5) is 23.2. The van der Waals surface area contributed by atoms with E-state index >= 15 is 4.39 Å². The number of carbonyl (C=O) groups excluding carboxylic acids is 1. The first-order valence-corrected chi connectivity index (χ1v) is 12.4. The van der Waals surface area contributed by atoms with Crippen molar-refractivity contribution < 1.29 is 27.1 Å². The van der Waals surface area contributed by atoms with Crippen molar-refractivity contribution in [2.24, 2.45) is 0 Å². The summed E-state index contributed by atoms with van der Waals surface area (Å²) in [7, 11) is 0. The van der Waals surface area contributed by atoms with Crippen LogP contribution in [0.5, 0.6) is 5.88 Å². The minimum Gasteiger partial charge on any atom is -0.468 e. The molecule has 36 heavy (non-hydrogen) atoms. The smallest absolute Gasteiger partial charge is 0.422 e. The zero-order valence-electron chi connectivity index (χ0n) is 20.4. The molecule has 2 aliphatic rings. The third-order valence-corrected chi connectivity index (χ3v) is 7.13. The molecule has 196 valence electrons. The summed E-state index contributed by atoms with van der Waals surface area (Å²) in [5, 5.41) is 3.02. The molecule has 1 saturated carbocycles. The average molecular weight is 509 g/mol. The van der Waals surface area contributed by atoms with Crippen molar-refractivity contribution in [2.45, 2.75) is 69.8 Å². The molecule has 0 bridgehead atoms. The van der Waals surface area contributed by atoms with Crippen LogP contribution in [-0.2, 0) is 12.8 Å². The highest BCUT2D eigenvalue weighted by Gasteiger charge is 2.36. The second-order valence-corrected chi connectivity index (χ2v) is 9.79. The van der Waals surface area contributed by atoms with E-state index in [2.05, 4.69) is 20.2 Å². The molecular weight excluding hydrogens is 476 g/mol. The lowest BCUT2D eigenvalue weighted by Gasteiger charge is -2.35. The SMILES string of the molecule is Cc1ncccc1C(=O)NC1CCC(F)(CCN2CCc3ccc(OCC(F)(F)F)nc3CC2)CC1. The number of aromatic nitrogens is 2. The Hall–Kier alpha value is -2.75. The van der Waals surface area contributed by atoms with Gasteiger partial charge in [0.15, 0.2) is 6.61 Å². The van der Waals surface area contributed by atoms with Crippen LogP contribution in [-0.4, -0.2) is 64.9 Å². The van der Waals surface area contributed by atoms with Crippen LogP contribution in [0.2, 0.25) is 0 Å². The second-order valence-electron chi connectivity index (χ2n) is 9.79. The standard InChI is InChI=1S/C26H32F4N4O2/c1-18-21(3-2-13-31-18)24(35)32-20-6-10-25(27,11-7-20)12-16-34-14-8-19-4-5-23(33-22(19)9-15-34)36-17-26(28,29)30/h2-5,13,20H,6-12,14-17H2,1H3,(H,32,35). The summed E-state index contributed by atoms with van der Waals surface area (Å²) >= 11 is 0. The molecule has 0 aromatic carbocycles. The van der Waals surface area contributed by atoms with Crippen molar-refractivity contribution >= 4 is 5.91 Å². The highest BCUT2D eigenvalue weighted by molar-refractivity contribution is 5.95. The van der Waals surface area contributed by atoms with Gasteiger partial charge in [0.1, 0.15) is 5.67 Å². The van der Waals surface area contributed by atoms with E-state index in [4.69, 9.17) is 4.74 Å². The number of nitrogens with zero attached hydrogens (tertiary/aromatic N) is 3. The third kappa shape index (κ3) is 7.15. The number of hydrogen-bond acceptors (Lipinski definition) is 5. The molecule has 1 amide bonds. The topological polar surface area (TPSA) is 67.4 Å². The van der Waals surface area contributed by atoms with Crippen LogP contribution in [0.3, 0.4) is 0 Å². The zero-order valence-corrected chi connectivity index (χ0v) is 20.4. The Morgan fingerprint density at radius 3 is 2.67 bits per heavy atom. The highest BCUT2D eigenvalue weighted by Crippen LogP contribution is 2.35. The van der Waals surface area contributed by atoms with Gasteiger partial charge in [0.25, 0.3) is 5.91 Å². The maximum absolute atomic E-state index is 15.6. The molecule has 0 spiro atoms. The maximum atomic E-state index is 15.6. The number of fused-ring (bicyclic) bond motifs is 1. The zero-order chi connectivity index (χ0) is 25.8. The molecule has 0 atom stereocenters. The number of alkyl halides is 4. The van der Waals surface area contributed by atoms with Crippen LogP contribution >= 0.6 is 0 Å². The fourth-order valence-corrected chi connectivity index (χ4v) is 4.94. The van der Waals surface area contributed by atoms with Crippen molar-refractivity contribution in [3.05, 3.63) is 53.0 Å². The van der Waals surface area contributed by atoms with E-state index in [1.807, 2.05) is 0 Å². The number of aryl methyl sites for hydroxylation is 1. The van der Waals surface area contributed by atoms with Crippen LogP contribution < -0.4 is 10.1 Å². The quantitative estimate of drug-likeness (QED) is 0.554. The first kappa shape index (κ1) is 26.3. The van der Waals surface area contributed by atoms with Gasteiger partial charge in [0, 0.05) is 55.7 Å². The number of halogens is 4. The molecule has 0 radical (unpaired) electrons. The number of carbonyl (C=O) groups is 1. The summed E-state index contributed by atoms with van der Waals surface area (Å²) in [6.07, 6.45) is 0.945. The van der Waals surface area contributed by atoms with Crippen LogP contribution in [0.1, 0.15) is 59.4 Å². The molecule has 3 heterocycles. The molecule has 1 N–H and O–H groups in total. The van der Waals surface area contributed by atoms with Crippen LogP contribution in [0, 0.1) is 6.92 Å². The van der Waals surface area contributed by atoms with E-state index in [-0.39, 0.29) is 17.8 Å². The number of amides is 1. The minimum atomic E-state index is -4.41. The Morgan fingerprint density at radius 1 is 1.19 bits per heavy atom. The summed E-state index contributed by atoms with van der Waals surface area (Å²) in [5.41, 5.74) is 1.69. The Balaban J connectivity index is 1.23. The summed E-state index contributed by atoms with van der Waals surface area (Å²) in [5.74, 6) is -0.188. The number of pyridine rings is 2. The molecule has 1 aliphatic heterocycles. The number of nitrogens with one attached hydrogen (secondary N) is 1. The van der Waals surface area contributed by atoms with Gasteiger partial charge in [0.2, 0.25) is 5.88 Å². The second kappa shape index (κ2) is 11.1. The van der Waals surface area contributed by atoms with Gasteiger partial charge in [-0.1, -0.05) is 6.07 Å². The fraction of sp³-hybridized carbons (Fsp3) is 0.577. The van der Waals surface area contributed by atoms with Gasteiger partial charge in [0.05, 0.1) is 5.56 Å². The van der Waals surface area contributed by atoms with E-state index < -0.39 is 18.5 Å². The Morgan fingerprint density at radius 2 is 1.94 bits per heavy atom. The van der Waals surface area contributed by atoms with E-state index in [0.29, 0.717) is 69.3 Å². The van der Waals surface area contributed by atoms with Crippen molar-refractivity contribution in [1.82, 2.24) is 20.2 Å². The van der Waals surface area contributed by atoms with Crippen molar-refractivity contribution in [1.29, 1.82) is 0 Å². The van der Waals surface area contributed by atoms with Gasteiger partial charge >= 0.3 is 6.18 Å². The highest BCUT2D eigenvalue weighted by atomic mass is 19.4. The van der Waals surface area contributed by atoms with Crippen molar-refractivity contribution in [3.63, 3.8) is 0 Å². The normalized spacial score (nSPS) is 23.0. The molecule has 10 heteroatoms. The van der Waals surface area contributed by atoms with Crippen molar-refractivity contribution in [2.75, 3.05) is 26.2 Å². The molecular formula is C26H32F4N4O2. The van der Waals surface area contributed by atoms with E-state index in [1.165, 1.54) is 6.07 Å². The number of hydrogen-bond donors (Lipinski definition) is 1. The lowest BCUT2D eigenvalue weighted by Crippen LogP contribution is -2.43. The molecule has 2 aromatic rings. The van der Waals surface area contributed by atoms with Gasteiger partial charge in [-0.2, -0.15) is 13.2 Å². The maximum Gasteiger partial charge on any atom is 0.422 e. The van der Waals surface area contributed by atoms with Crippen LogP contribution in [0.25, 0.3) is 0 Å². The van der Waals surface area contributed by atoms with Gasteiger partial charge < -0.3 is 15.0 Å². The Bertz CT molecular complexity index is 1050. The minimum absolute atomic E-state index is 0.0234. The van der Waals surface area contributed by atoms with Gasteiger partial charge in [-0.15, -0.1) is 0 Å².